The van der Waals surface area contributed by atoms with Crippen LogP contribution in [-0.4, -0.2) is 35.6 Å². The van der Waals surface area contributed by atoms with Gasteiger partial charge in [0.15, 0.2) is 0 Å². The number of carbonyl (C=O) groups is 2. The van der Waals surface area contributed by atoms with Crippen LogP contribution in [0.1, 0.15) is 24.5 Å². The molecule has 0 fully saturated rings. The first kappa shape index (κ1) is 22.6. The van der Waals surface area contributed by atoms with Crippen LogP contribution in [0.2, 0.25) is 10.0 Å². The molecule has 28 heavy (non-hydrogen) atoms. The van der Waals surface area contributed by atoms with Crippen LogP contribution in [0.15, 0.2) is 48.5 Å². The molecule has 0 heterocycles. The molecule has 0 unspecified atom stereocenters. The molecule has 0 bridgehead atoms. The van der Waals surface area contributed by atoms with Crippen molar-refractivity contribution in [3.63, 3.8) is 0 Å². The Morgan fingerprint density at radius 1 is 1.14 bits per heavy atom. The van der Waals surface area contributed by atoms with E-state index in [0.29, 0.717) is 28.8 Å². The van der Waals surface area contributed by atoms with Gasteiger partial charge in [0.25, 0.3) is 0 Å². The van der Waals surface area contributed by atoms with Crippen LogP contribution in [0.4, 0.5) is 0 Å². The molecule has 0 saturated carbocycles. The highest BCUT2D eigenvalue weighted by atomic mass is 35.5. The van der Waals surface area contributed by atoms with Crippen molar-refractivity contribution in [2.45, 2.75) is 31.7 Å². The number of nitrogens with zero attached hydrogens (tertiary/aromatic N) is 1. The number of carbonyl (C=O) groups excluding carboxylic acids is 2. The highest BCUT2D eigenvalue weighted by Crippen LogP contribution is 2.25. The molecule has 0 aromatic heterocycles. The number of likely N-dealkylation sites (N-methyl/N-ethyl adjacent to an activating group) is 1. The second kappa shape index (κ2) is 11.3. The first-order valence-corrected chi connectivity index (χ1v) is 10.9. The Morgan fingerprint density at radius 3 is 2.46 bits per heavy atom. The molecule has 2 aromatic carbocycles. The van der Waals surface area contributed by atoms with E-state index in [1.165, 1.54) is 11.8 Å². The van der Waals surface area contributed by atoms with Gasteiger partial charge in [-0.05, 0) is 29.7 Å². The Morgan fingerprint density at radius 2 is 1.86 bits per heavy atom. The molecule has 0 aliphatic rings. The Hall–Kier alpha value is -1.69. The zero-order valence-corrected chi connectivity index (χ0v) is 18.3. The fourth-order valence-corrected chi connectivity index (χ4v) is 4.30. The zero-order chi connectivity index (χ0) is 20.5. The summed E-state index contributed by atoms with van der Waals surface area (Å²) < 4.78 is 0. The minimum Gasteiger partial charge on any atom is -0.357 e. The number of amides is 2. The van der Waals surface area contributed by atoms with E-state index in [0.717, 1.165) is 11.1 Å². The van der Waals surface area contributed by atoms with Crippen LogP contribution >= 0.6 is 35.0 Å². The topological polar surface area (TPSA) is 49.4 Å². The molecule has 2 aromatic rings. The van der Waals surface area contributed by atoms with Gasteiger partial charge < -0.3 is 10.2 Å². The van der Waals surface area contributed by atoms with Crippen molar-refractivity contribution in [3.8, 4) is 0 Å². The van der Waals surface area contributed by atoms with Crippen LogP contribution in [0.5, 0.6) is 0 Å². The summed E-state index contributed by atoms with van der Waals surface area (Å²) in [5.41, 5.74) is 1.92. The summed E-state index contributed by atoms with van der Waals surface area (Å²) in [5, 5.41) is 3.83. The third-order valence-electron chi connectivity index (χ3n) is 4.33. The smallest absolute Gasteiger partial charge is 0.242 e. The van der Waals surface area contributed by atoms with Gasteiger partial charge in [-0.1, -0.05) is 66.5 Å². The summed E-state index contributed by atoms with van der Waals surface area (Å²) >= 11 is 13.6. The normalized spacial score (nSPS) is 11.7. The molecular weight excluding hydrogens is 415 g/mol. The van der Waals surface area contributed by atoms with E-state index in [4.69, 9.17) is 23.2 Å². The highest BCUT2D eigenvalue weighted by Gasteiger charge is 2.27. The Balaban J connectivity index is 2.08. The quantitative estimate of drug-likeness (QED) is 0.612. The number of rotatable bonds is 9. The first-order valence-electron chi connectivity index (χ1n) is 9.03. The van der Waals surface area contributed by atoms with Gasteiger partial charge in [0.05, 0.1) is 5.75 Å². The zero-order valence-electron chi connectivity index (χ0n) is 16.0. The molecule has 4 nitrogen and oxygen atoms in total. The van der Waals surface area contributed by atoms with Gasteiger partial charge in [0, 0.05) is 29.4 Å². The summed E-state index contributed by atoms with van der Waals surface area (Å²) in [6, 6.07) is 14.5. The first-order chi connectivity index (χ1) is 13.5. The van der Waals surface area contributed by atoms with Crippen LogP contribution < -0.4 is 5.32 Å². The summed E-state index contributed by atoms with van der Waals surface area (Å²) in [6.45, 7) is 2.31. The Bertz CT molecular complexity index is 802. The number of benzene rings is 2. The van der Waals surface area contributed by atoms with Gasteiger partial charge in [-0.15, -0.1) is 11.8 Å². The van der Waals surface area contributed by atoms with Gasteiger partial charge in [-0.2, -0.15) is 0 Å². The summed E-state index contributed by atoms with van der Waals surface area (Å²) in [6.07, 6.45) is 0.548. The second-order valence-electron chi connectivity index (χ2n) is 6.27. The molecule has 1 atom stereocenters. The summed E-state index contributed by atoms with van der Waals surface area (Å²) in [5.74, 6) is 0.628. The number of halogens is 2. The molecule has 0 aliphatic carbocycles. The molecule has 2 amide bonds. The lowest BCUT2D eigenvalue weighted by Crippen LogP contribution is -2.48. The van der Waals surface area contributed by atoms with Crippen molar-refractivity contribution in [2.75, 3.05) is 12.8 Å². The van der Waals surface area contributed by atoms with Gasteiger partial charge in [-0.3, -0.25) is 9.59 Å². The van der Waals surface area contributed by atoms with E-state index in [1.54, 1.807) is 24.1 Å². The fourth-order valence-electron chi connectivity index (χ4n) is 2.84. The number of hydrogen-bond acceptors (Lipinski definition) is 3. The van der Waals surface area contributed by atoms with Crippen molar-refractivity contribution in [2.24, 2.45) is 0 Å². The van der Waals surface area contributed by atoms with Crippen LogP contribution in [0.25, 0.3) is 0 Å². The molecule has 0 aliphatic heterocycles. The molecule has 2 rings (SSSR count). The number of hydrogen-bond donors (Lipinski definition) is 1. The molecule has 0 saturated heterocycles. The van der Waals surface area contributed by atoms with E-state index in [1.807, 2.05) is 43.3 Å². The maximum atomic E-state index is 13.0. The molecule has 1 N–H and O–H groups in total. The van der Waals surface area contributed by atoms with Crippen molar-refractivity contribution in [3.05, 3.63) is 69.7 Å². The maximum Gasteiger partial charge on any atom is 0.242 e. The highest BCUT2D eigenvalue weighted by molar-refractivity contribution is 7.99. The second-order valence-corrected chi connectivity index (χ2v) is 8.10. The predicted molar refractivity (Wildman–Crippen MR) is 118 cm³/mol. The number of nitrogens with one attached hydrogen (secondary N) is 1. The van der Waals surface area contributed by atoms with E-state index < -0.39 is 6.04 Å². The largest absolute Gasteiger partial charge is 0.357 e. The van der Waals surface area contributed by atoms with Gasteiger partial charge in [0.2, 0.25) is 11.8 Å². The fraction of sp³-hybridized carbons (Fsp3) is 0.333. The number of thioether (sulfide) groups is 1. The van der Waals surface area contributed by atoms with E-state index in [2.05, 4.69) is 5.32 Å². The average Bonchev–Trinajstić information content (AvgIpc) is 2.69. The minimum atomic E-state index is -0.502. The minimum absolute atomic E-state index is 0.0746. The van der Waals surface area contributed by atoms with Crippen molar-refractivity contribution < 1.29 is 9.59 Å². The van der Waals surface area contributed by atoms with Crippen LogP contribution in [0.3, 0.4) is 0 Å². The van der Waals surface area contributed by atoms with Gasteiger partial charge >= 0.3 is 0 Å². The Labute approximate surface area is 180 Å². The Kier molecular flexibility index (Phi) is 9.16. The predicted octanol–water partition coefficient (Wildman–Crippen LogP) is 4.78. The summed E-state index contributed by atoms with van der Waals surface area (Å²) in [7, 11) is 1.59. The van der Waals surface area contributed by atoms with Crippen LogP contribution in [0, 0.1) is 0 Å². The lowest BCUT2D eigenvalue weighted by Gasteiger charge is -2.30. The summed E-state index contributed by atoms with van der Waals surface area (Å²) in [4.78, 5) is 26.9. The standard InChI is InChI=1S/C21H24Cl2N2O2S/c1-3-19(21(27)24-2)25(12-15-7-5-4-6-8-15)20(26)14-28-13-16-9-10-17(22)11-18(16)23/h4-11,19H,3,12-14H2,1-2H3,(H,24,27)/t19-/m1/s1. The maximum absolute atomic E-state index is 13.0. The molecule has 0 radical (unpaired) electrons. The average molecular weight is 439 g/mol. The van der Waals surface area contributed by atoms with Crippen LogP contribution in [-0.2, 0) is 21.9 Å². The van der Waals surface area contributed by atoms with Crippen molar-refractivity contribution in [1.29, 1.82) is 0 Å². The monoisotopic (exact) mass is 438 g/mol. The molecule has 0 spiro atoms. The molecule has 7 heteroatoms. The van der Waals surface area contributed by atoms with E-state index in [9.17, 15) is 9.59 Å². The lowest BCUT2D eigenvalue weighted by atomic mass is 10.1. The van der Waals surface area contributed by atoms with Crippen molar-refractivity contribution in [1.82, 2.24) is 10.2 Å². The third-order valence-corrected chi connectivity index (χ3v) is 5.88. The lowest BCUT2D eigenvalue weighted by molar-refractivity contribution is -0.139. The van der Waals surface area contributed by atoms with Gasteiger partial charge in [0.1, 0.15) is 6.04 Å². The SMILES string of the molecule is CC[C@H](C(=O)NC)N(Cc1ccccc1)C(=O)CSCc1ccc(Cl)cc1Cl. The van der Waals surface area contributed by atoms with Crippen molar-refractivity contribution >= 4 is 46.8 Å². The van der Waals surface area contributed by atoms with E-state index in [-0.39, 0.29) is 17.6 Å². The molecular formula is C21H24Cl2N2O2S. The third kappa shape index (κ3) is 6.43. The molecule has 150 valence electrons. The van der Waals surface area contributed by atoms with Gasteiger partial charge in [-0.25, -0.2) is 0 Å². The van der Waals surface area contributed by atoms with E-state index >= 15 is 0 Å².